The van der Waals surface area contributed by atoms with E-state index in [0.717, 1.165) is 0 Å². The summed E-state index contributed by atoms with van der Waals surface area (Å²) in [5.74, 6) is -0.0153. The molecule has 1 unspecified atom stereocenters. The molecule has 0 bridgehead atoms. The fourth-order valence-electron chi connectivity index (χ4n) is 0.970. The number of hydrogen-bond acceptors (Lipinski definition) is 4. The average Bonchev–Trinajstić information content (AvgIpc) is 2.67. The Bertz CT molecular complexity index is 271. The van der Waals surface area contributed by atoms with Crippen molar-refractivity contribution >= 4 is 5.91 Å². The van der Waals surface area contributed by atoms with E-state index in [0.29, 0.717) is 19.5 Å². The Balaban J connectivity index is 2.22. The smallest absolute Gasteiger partial charge is 0.222 e. The van der Waals surface area contributed by atoms with Crippen molar-refractivity contribution < 1.29 is 4.79 Å². The third kappa shape index (κ3) is 3.53. The lowest BCUT2D eigenvalue weighted by atomic mass is 10.3. The Kier molecular flexibility index (Phi) is 4.06. The van der Waals surface area contributed by atoms with Gasteiger partial charge in [0.15, 0.2) is 0 Å². The Morgan fingerprint density at radius 1 is 1.71 bits per heavy atom. The van der Waals surface area contributed by atoms with E-state index >= 15 is 0 Å². The van der Waals surface area contributed by atoms with Crippen LogP contribution in [0.4, 0.5) is 0 Å². The zero-order chi connectivity index (χ0) is 10.4. The molecule has 6 heteroatoms. The highest BCUT2D eigenvalue weighted by Gasteiger charge is 2.05. The molecule has 1 aromatic rings. The van der Waals surface area contributed by atoms with E-state index in [9.17, 15) is 4.79 Å². The van der Waals surface area contributed by atoms with Gasteiger partial charge >= 0.3 is 0 Å². The van der Waals surface area contributed by atoms with Crippen LogP contribution in [0.2, 0.25) is 0 Å². The highest BCUT2D eigenvalue weighted by Crippen LogP contribution is 1.88. The molecule has 0 aliphatic carbocycles. The first-order chi connectivity index (χ1) is 6.72. The fourth-order valence-corrected chi connectivity index (χ4v) is 0.970. The van der Waals surface area contributed by atoms with Crippen LogP contribution in [0.25, 0.3) is 0 Å². The molecule has 1 atom stereocenters. The van der Waals surface area contributed by atoms with Crippen LogP contribution < -0.4 is 11.1 Å². The predicted octanol–water partition coefficient (Wildman–Crippen LogP) is -0.868. The van der Waals surface area contributed by atoms with Gasteiger partial charge in [0.1, 0.15) is 12.7 Å². The Labute approximate surface area is 82.5 Å². The second-order valence-electron chi connectivity index (χ2n) is 3.11. The van der Waals surface area contributed by atoms with E-state index in [2.05, 4.69) is 15.4 Å². The van der Waals surface area contributed by atoms with Gasteiger partial charge in [-0.3, -0.25) is 9.48 Å². The summed E-state index contributed by atoms with van der Waals surface area (Å²) in [7, 11) is 0. The molecule has 6 nitrogen and oxygen atoms in total. The monoisotopic (exact) mass is 197 g/mol. The number of hydrogen-bond donors (Lipinski definition) is 2. The van der Waals surface area contributed by atoms with Gasteiger partial charge in [-0.05, 0) is 6.92 Å². The number of rotatable bonds is 5. The standard InChI is InChI=1S/C8H15N5O/c1-7(4-9)12-8(14)2-3-13-6-10-5-11-13/h5-7H,2-4,9H2,1H3,(H,12,14). The highest BCUT2D eigenvalue weighted by atomic mass is 16.1. The van der Waals surface area contributed by atoms with E-state index in [4.69, 9.17) is 5.73 Å². The lowest BCUT2D eigenvalue weighted by Crippen LogP contribution is -2.38. The summed E-state index contributed by atoms with van der Waals surface area (Å²) in [6.07, 6.45) is 3.42. The first-order valence-corrected chi connectivity index (χ1v) is 4.54. The van der Waals surface area contributed by atoms with Crippen LogP contribution in [0.3, 0.4) is 0 Å². The summed E-state index contributed by atoms with van der Waals surface area (Å²) in [4.78, 5) is 15.1. The molecule has 0 spiro atoms. The molecule has 1 heterocycles. The summed E-state index contributed by atoms with van der Waals surface area (Å²) in [5.41, 5.74) is 5.37. The van der Waals surface area contributed by atoms with Crippen molar-refractivity contribution in [2.24, 2.45) is 5.73 Å². The number of nitrogens with two attached hydrogens (primary N) is 1. The van der Waals surface area contributed by atoms with Crippen molar-refractivity contribution in [1.29, 1.82) is 0 Å². The Morgan fingerprint density at radius 2 is 2.50 bits per heavy atom. The first kappa shape index (κ1) is 10.6. The van der Waals surface area contributed by atoms with Crippen LogP contribution in [-0.4, -0.2) is 33.3 Å². The number of nitrogens with one attached hydrogen (secondary N) is 1. The van der Waals surface area contributed by atoms with Crippen molar-refractivity contribution in [3.05, 3.63) is 12.7 Å². The van der Waals surface area contributed by atoms with E-state index in [1.165, 1.54) is 6.33 Å². The summed E-state index contributed by atoms with van der Waals surface area (Å²) >= 11 is 0. The largest absolute Gasteiger partial charge is 0.352 e. The van der Waals surface area contributed by atoms with Gasteiger partial charge in [-0.2, -0.15) is 5.10 Å². The van der Waals surface area contributed by atoms with Gasteiger partial charge < -0.3 is 11.1 Å². The minimum Gasteiger partial charge on any atom is -0.352 e. The number of aryl methyl sites for hydroxylation is 1. The van der Waals surface area contributed by atoms with Crippen molar-refractivity contribution in [2.75, 3.05) is 6.54 Å². The van der Waals surface area contributed by atoms with Crippen molar-refractivity contribution in [1.82, 2.24) is 20.1 Å². The van der Waals surface area contributed by atoms with Crippen LogP contribution >= 0.6 is 0 Å². The Morgan fingerprint density at radius 3 is 3.07 bits per heavy atom. The third-order valence-electron chi connectivity index (χ3n) is 1.80. The Hall–Kier alpha value is -1.43. The lowest BCUT2D eigenvalue weighted by molar-refractivity contribution is -0.121. The molecular formula is C8H15N5O. The summed E-state index contributed by atoms with van der Waals surface area (Å²) in [5, 5.41) is 6.65. The minimum absolute atomic E-state index is 0.0153. The lowest BCUT2D eigenvalue weighted by Gasteiger charge is -2.10. The van der Waals surface area contributed by atoms with E-state index < -0.39 is 0 Å². The van der Waals surface area contributed by atoms with E-state index in [-0.39, 0.29) is 11.9 Å². The van der Waals surface area contributed by atoms with Gasteiger partial charge in [-0.1, -0.05) is 0 Å². The molecule has 1 amide bonds. The summed E-state index contributed by atoms with van der Waals surface area (Å²) in [6.45, 7) is 2.87. The third-order valence-corrected chi connectivity index (χ3v) is 1.80. The molecule has 78 valence electrons. The molecule has 14 heavy (non-hydrogen) atoms. The number of carbonyl (C=O) groups is 1. The topological polar surface area (TPSA) is 85.8 Å². The minimum atomic E-state index is -0.0153. The number of nitrogens with zero attached hydrogens (tertiary/aromatic N) is 3. The molecule has 3 N–H and O–H groups in total. The van der Waals surface area contributed by atoms with Gasteiger partial charge in [-0.25, -0.2) is 4.98 Å². The summed E-state index contributed by atoms with van der Waals surface area (Å²) < 4.78 is 1.62. The molecule has 1 rings (SSSR count). The normalized spacial score (nSPS) is 12.4. The quantitative estimate of drug-likeness (QED) is 0.642. The maximum absolute atomic E-state index is 11.3. The molecular weight excluding hydrogens is 182 g/mol. The maximum atomic E-state index is 11.3. The highest BCUT2D eigenvalue weighted by molar-refractivity contribution is 5.76. The SMILES string of the molecule is CC(CN)NC(=O)CCn1cncn1. The molecule has 0 radical (unpaired) electrons. The molecule has 0 aliphatic heterocycles. The molecule has 1 aromatic heterocycles. The average molecular weight is 197 g/mol. The van der Waals surface area contributed by atoms with Crippen molar-refractivity contribution in [3.8, 4) is 0 Å². The van der Waals surface area contributed by atoms with Gasteiger partial charge in [0, 0.05) is 19.0 Å². The second-order valence-corrected chi connectivity index (χ2v) is 3.11. The molecule has 0 saturated heterocycles. The van der Waals surface area contributed by atoms with Crippen molar-refractivity contribution in [2.45, 2.75) is 25.9 Å². The predicted molar refractivity (Wildman–Crippen MR) is 51.3 cm³/mol. The van der Waals surface area contributed by atoms with Crippen molar-refractivity contribution in [3.63, 3.8) is 0 Å². The van der Waals surface area contributed by atoms with Gasteiger partial charge in [-0.15, -0.1) is 0 Å². The van der Waals surface area contributed by atoms with E-state index in [1.807, 2.05) is 6.92 Å². The van der Waals surface area contributed by atoms with Gasteiger partial charge in [0.05, 0.1) is 6.54 Å². The van der Waals surface area contributed by atoms with Gasteiger partial charge in [0.25, 0.3) is 0 Å². The molecule has 0 aromatic carbocycles. The van der Waals surface area contributed by atoms with Crippen LogP contribution in [0.1, 0.15) is 13.3 Å². The van der Waals surface area contributed by atoms with Gasteiger partial charge in [0.2, 0.25) is 5.91 Å². The van der Waals surface area contributed by atoms with Crippen LogP contribution in [-0.2, 0) is 11.3 Å². The number of carbonyl (C=O) groups excluding carboxylic acids is 1. The number of amides is 1. The zero-order valence-corrected chi connectivity index (χ0v) is 8.18. The first-order valence-electron chi connectivity index (χ1n) is 4.54. The summed E-state index contributed by atoms with van der Waals surface area (Å²) in [6, 6.07) is 0.0262. The van der Waals surface area contributed by atoms with Crippen LogP contribution in [0.5, 0.6) is 0 Å². The molecule has 0 saturated carbocycles. The van der Waals surface area contributed by atoms with E-state index in [1.54, 1.807) is 11.0 Å². The van der Waals surface area contributed by atoms with Crippen LogP contribution in [0.15, 0.2) is 12.7 Å². The number of aromatic nitrogens is 3. The molecule has 0 aliphatic rings. The second kappa shape index (κ2) is 5.33. The molecule has 0 fully saturated rings. The fraction of sp³-hybridized carbons (Fsp3) is 0.625. The zero-order valence-electron chi connectivity index (χ0n) is 8.18. The maximum Gasteiger partial charge on any atom is 0.222 e. The van der Waals surface area contributed by atoms with Crippen LogP contribution in [0, 0.1) is 0 Å².